The number of aromatic amines is 1. The van der Waals surface area contributed by atoms with Crippen LogP contribution in [-0.4, -0.2) is 45.5 Å². The Morgan fingerprint density at radius 2 is 2.11 bits per heavy atom. The summed E-state index contributed by atoms with van der Waals surface area (Å²) in [5.41, 5.74) is 6.44. The lowest BCUT2D eigenvalue weighted by Crippen LogP contribution is -2.27. The van der Waals surface area contributed by atoms with Gasteiger partial charge >= 0.3 is 0 Å². The van der Waals surface area contributed by atoms with Crippen molar-refractivity contribution in [1.82, 2.24) is 29.9 Å². The molecule has 1 aliphatic heterocycles. The zero-order chi connectivity index (χ0) is 18.2. The molecule has 7 nitrogen and oxygen atoms in total. The fourth-order valence-electron chi connectivity index (χ4n) is 3.82. The second kappa shape index (κ2) is 6.70. The van der Waals surface area contributed by atoms with Crippen LogP contribution in [0.2, 0.25) is 0 Å². The van der Waals surface area contributed by atoms with Crippen molar-refractivity contribution < 1.29 is 0 Å². The van der Waals surface area contributed by atoms with Gasteiger partial charge in [0.1, 0.15) is 13.7 Å². The molecule has 0 radical (unpaired) electrons. The third-order valence-corrected chi connectivity index (χ3v) is 5.38. The Balaban J connectivity index is 1.47. The highest BCUT2D eigenvalue weighted by Crippen LogP contribution is 2.26. The predicted molar refractivity (Wildman–Crippen MR) is 109 cm³/mol. The van der Waals surface area contributed by atoms with Gasteiger partial charge in [0.2, 0.25) is 0 Å². The third-order valence-electron chi connectivity index (χ3n) is 5.38. The minimum absolute atomic E-state index is 0.506. The maximum atomic E-state index is 4.93. The quantitative estimate of drug-likeness (QED) is 0.473. The van der Waals surface area contributed by atoms with Crippen LogP contribution in [0.5, 0.6) is 0 Å². The molecule has 0 atom stereocenters. The molecule has 3 aromatic heterocycles. The van der Waals surface area contributed by atoms with Crippen LogP contribution < -0.4 is 16.1 Å². The summed E-state index contributed by atoms with van der Waals surface area (Å²) >= 11 is 0. The van der Waals surface area contributed by atoms with Gasteiger partial charge in [0.05, 0.1) is 17.4 Å². The largest absolute Gasteiger partial charge is 0.366 e. The second-order valence-electron chi connectivity index (χ2n) is 7.26. The Morgan fingerprint density at radius 1 is 1.22 bits per heavy atom. The van der Waals surface area contributed by atoms with E-state index in [9.17, 15) is 0 Å². The van der Waals surface area contributed by atoms with Crippen molar-refractivity contribution in [3.8, 4) is 0 Å². The lowest BCUT2D eigenvalue weighted by atomic mass is 9.94. The van der Waals surface area contributed by atoms with Crippen LogP contribution in [-0.2, 0) is 6.54 Å². The van der Waals surface area contributed by atoms with Gasteiger partial charge in [-0.3, -0.25) is 0 Å². The van der Waals surface area contributed by atoms with E-state index in [2.05, 4.69) is 57.8 Å². The van der Waals surface area contributed by atoms with E-state index in [-0.39, 0.29) is 0 Å². The summed E-state index contributed by atoms with van der Waals surface area (Å²) in [4.78, 5) is 12.4. The molecule has 1 fully saturated rings. The molecule has 136 valence electrons. The molecule has 1 aliphatic rings. The first kappa shape index (κ1) is 16.3. The zero-order valence-corrected chi connectivity index (χ0v) is 15.4. The summed E-state index contributed by atoms with van der Waals surface area (Å²) in [6.45, 7) is 2.83. The van der Waals surface area contributed by atoms with Crippen molar-refractivity contribution in [2.24, 2.45) is 0 Å². The smallest absolute Gasteiger partial charge is 0.151 e. The first-order valence-electron chi connectivity index (χ1n) is 9.50. The number of fused-ring (bicyclic) bond motifs is 2. The molecule has 4 heterocycles. The van der Waals surface area contributed by atoms with E-state index in [1.807, 2.05) is 10.7 Å². The summed E-state index contributed by atoms with van der Waals surface area (Å²) in [5, 5.41) is 11.5. The van der Waals surface area contributed by atoms with E-state index in [4.69, 9.17) is 4.98 Å². The number of rotatable bonds is 4. The maximum absolute atomic E-state index is 4.93. The number of H-pyrrole nitrogens is 1. The summed E-state index contributed by atoms with van der Waals surface area (Å²) in [6.07, 6.45) is 5.87. The van der Waals surface area contributed by atoms with E-state index in [0.29, 0.717) is 12.5 Å². The molecule has 1 aromatic carbocycles. The van der Waals surface area contributed by atoms with Gasteiger partial charge in [0.15, 0.2) is 5.65 Å². The Kier molecular flexibility index (Phi) is 4.05. The van der Waals surface area contributed by atoms with Crippen LogP contribution >= 0.6 is 0 Å². The molecule has 27 heavy (non-hydrogen) atoms. The normalized spacial score (nSPS) is 15.6. The van der Waals surface area contributed by atoms with Crippen LogP contribution in [0.3, 0.4) is 0 Å². The molecule has 0 saturated carbocycles. The number of hydrogen-bond acceptors (Lipinski definition) is 5. The van der Waals surface area contributed by atoms with Gasteiger partial charge in [-0.2, -0.15) is 9.61 Å². The van der Waals surface area contributed by atoms with Crippen LogP contribution in [0, 0.1) is 0 Å². The monoisotopic (exact) mass is 359 g/mol. The minimum atomic E-state index is 0.506. The molecule has 0 aliphatic carbocycles. The van der Waals surface area contributed by atoms with Crippen molar-refractivity contribution >= 4 is 35.8 Å². The first-order valence-corrected chi connectivity index (χ1v) is 9.50. The highest BCUT2D eigenvalue weighted by molar-refractivity contribution is 6.36. The summed E-state index contributed by atoms with van der Waals surface area (Å²) < 4.78 is 1.91. The number of anilines is 1. The Hall–Kier alpha value is -2.87. The average molecular weight is 359 g/mol. The molecular formula is C19H22BN7. The van der Waals surface area contributed by atoms with E-state index in [1.54, 1.807) is 6.33 Å². The molecule has 0 unspecified atom stereocenters. The molecule has 0 bridgehead atoms. The number of hydrogen-bond donors (Lipinski definition) is 3. The van der Waals surface area contributed by atoms with Crippen molar-refractivity contribution in [3.63, 3.8) is 0 Å². The fourth-order valence-corrected chi connectivity index (χ4v) is 3.82. The van der Waals surface area contributed by atoms with Gasteiger partial charge in [-0.05, 0) is 49.1 Å². The van der Waals surface area contributed by atoms with Gasteiger partial charge in [0.25, 0.3) is 0 Å². The molecule has 8 heteroatoms. The van der Waals surface area contributed by atoms with E-state index in [1.165, 1.54) is 5.56 Å². The average Bonchev–Trinajstić information content (AvgIpc) is 3.33. The second-order valence-corrected chi connectivity index (χ2v) is 7.26. The summed E-state index contributed by atoms with van der Waals surface area (Å²) in [5.74, 6) is 1.50. The van der Waals surface area contributed by atoms with Gasteiger partial charge in [0, 0.05) is 30.4 Å². The lowest BCUT2D eigenvalue weighted by Gasteiger charge is -2.23. The van der Waals surface area contributed by atoms with Crippen molar-refractivity contribution in [2.75, 3.05) is 18.4 Å². The van der Waals surface area contributed by atoms with Crippen molar-refractivity contribution in [3.05, 3.63) is 48.0 Å². The number of benzene rings is 1. The zero-order valence-electron chi connectivity index (χ0n) is 15.4. The molecule has 1 saturated heterocycles. The van der Waals surface area contributed by atoms with Crippen molar-refractivity contribution in [1.29, 1.82) is 0 Å². The number of nitrogens with one attached hydrogen (secondary N) is 3. The Bertz CT molecular complexity index is 1090. The molecule has 0 spiro atoms. The van der Waals surface area contributed by atoms with Gasteiger partial charge in [-0.15, -0.1) is 0 Å². The number of aromatic nitrogens is 5. The minimum Gasteiger partial charge on any atom is -0.366 e. The lowest BCUT2D eigenvalue weighted by molar-refractivity contribution is 0.453. The molecule has 5 rings (SSSR count). The van der Waals surface area contributed by atoms with Gasteiger partial charge in [-0.25, -0.2) is 9.97 Å². The fraction of sp³-hybridized carbons (Fsp3) is 0.316. The van der Waals surface area contributed by atoms with Crippen LogP contribution in [0.15, 0.2) is 36.8 Å². The standard InChI is InChI=1S/C19H22BN7/c20-14-10-25-27-18(8-16(26-19(14)27)13-3-5-21-6-4-13)22-9-12-1-2-15-17(7-12)24-11-23-15/h1-2,7-8,10-11,13,21-22H,3-6,9,20H2,(H,23,24). The number of piperidine rings is 1. The van der Waals surface area contributed by atoms with Gasteiger partial charge in [-0.1, -0.05) is 6.07 Å². The SMILES string of the molecule is Bc1cnn2c(NCc3ccc4[nH]cnc4c3)cc(C3CCNCC3)nc12. The number of imidazole rings is 1. The molecular weight excluding hydrogens is 337 g/mol. The predicted octanol–water partition coefficient (Wildman–Crippen LogP) is 0.943. The maximum Gasteiger partial charge on any atom is 0.151 e. The summed E-state index contributed by atoms with van der Waals surface area (Å²) in [6, 6.07) is 8.47. The number of nitrogens with zero attached hydrogens (tertiary/aromatic N) is 4. The molecule has 0 amide bonds. The topological polar surface area (TPSA) is 82.9 Å². The van der Waals surface area contributed by atoms with Crippen LogP contribution in [0.1, 0.15) is 30.0 Å². The first-order chi connectivity index (χ1) is 13.3. The highest BCUT2D eigenvalue weighted by atomic mass is 15.3. The summed E-state index contributed by atoms with van der Waals surface area (Å²) in [7, 11) is 2.07. The Morgan fingerprint density at radius 3 is 3.00 bits per heavy atom. The van der Waals surface area contributed by atoms with Crippen LogP contribution in [0.4, 0.5) is 5.82 Å². The third kappa shape index (κ3) is 3.06. The van der Waals surface area contributed by atoms with Crippen molar-refractivity contribution in [2.45, 2.75) is 25.3 Å². The van der Waals surface area contributed by atoms with E-state index < -0.39 is 0 Å². The highest BCUT2D eigenvalue weighted by Gasteiger charge is 2.19. The van der Waals surface area contributed by atoms with Gasteiger partial charge < -0.3 is 15.6 Å². The Labute approximate surface area is 158 Å². The molecule has 3 N–H and O–H groups in total. The molecule has 4 aromatic rings. The van der Waals surface area contributed by atoms with E-state index >= 15 is 0 Å². The van der Waals surface area contributed by atoms with E-state index in [0.717, 1.165) is 59.6 Å². The van der Waals surface area contributed by atoms with Crippen LogP contribution in [0.25, 0.3) is 16.7 Å².